The first-order chi connectivity index (χ1) is 10.2. The van der Waals surface area contributed by atoms with E-state index in [1.807, 2.05) is 0 Å². The number of aromatic nitrogens is 2. The highest BCUT2D eigenvalue weighted by molar-refractivity contribution is 5.69. The summed E-state index contributed by atoms with van der Waals surface area (Å²) in [6.45, 7) is 2.25. The van der Waals surface area contributed by atoms with Crippen molar-refractivity contribution in [1.29, 1.82) is 0 Å². The van der Waals surface area contributed by atoms with E-state index >= 15 is 0 Å². The molecule has 2 unspecified atom stereocenters. The molecule has 0 aliphatic carbocycles. The van der Waals surface area contributed by atoms with Crippen LogP contribution in [0.1, 0.15) is 25.7 Å². The Morgan fingerprint density at radius 2 is 2.14 bits per heavy atom. The van der Waals surface area contributed by atoms with E-state index in [2.05, 4.69) is 25.5 Å². The third-order valence-electron chi connectivity index (χ3n) is 4.40. The van der Waals surface area contributed by atoms with Gasteiger partial charge in [0.25, 0.3) is 0 Å². The normalized spacial score (nSPS) is 25.4. The van der Waals surface area contributed by atoms with Crippen LogP contribution in [-0.4, -0.2) is 52.0 Å². The van der Waals surface area contributed by atoms with Gasteiger partial charge in [-0.3, -0.25) is 10.1 Å². The van der Waals surface area contributed by atoms with Gasteiger partial charge in [-0.05, 0) is 32.2 Å². The van der Waals surface area contributed by atoms with Crippen LogP contribution in [0.15, 0.2) is 6.33 Å². The predicted octanol–water partition coefficient (Wildman–Crippen LogP) is 1.47. The van der Waals surface area contributed by atoms with Crippen molar-refractivity contribution in [3.63, 3.8) is 0 Å². The van der Waals surface area contributed by atoms with Crippen molar-refractivity contribution in [3.05, 3.63) is 16.4 Å². The average molecular weight is 292 g/mol. The van der Waals surface area contributed by atoms with E-state index in [1.165, 1.54) is 25.7 Å². The van der Waals surface area contributed by atoms with Crippen LogP contribution in [0, 0.1) is 10.1 Å². The van der Waals surface area contributed by atoms with Crippen molar-refractivity contribution < 1.29 is 4.92 Å². The first kappa shape index (κ1) is 14.0. The maximum atomic E-state index is 11.3. The molecule has 0 bridgehead atoms. The van der Waals surface area contributed by atoms with Crippen molar-refractivity contribution in [2.75, 3.05) is 30.8 Å². The molecule has 21 heavy (non-hydrogen) atoms. The van der Waals surface area contributed by atoms with Gasteiger partial charge in [-0.25, -0.2) is 9.97 Å². The first-order valence-electron chi connectivity index (χ1n) is 7.36. The molecular weight excluding hydrogens is 272 g/mol. The molecule has 0 spiro atoms. The van der Waals surface area contributed by atoms with Gasteiger partial charge in [0.2, 0.25) is 11.6 Å². The second-order valence-corrected chi connectivity index (χ2v) is 5.62. The fourth-order valence-electron chi connectivity index (χ4n) is 3.39. The molecule has 114 valence electrons. The number of anilines is 2. The van der Waals surface area contributed by atoms with Gasteiger partial charge in [0.05, 0.1) is 4.92 Å². The van der Waals surface area contributed by atoms with E-state index in [0.29, 0.717) is 11.9 Å². The van der Waals surface area contributed by atoms with Crippen molar-refractivity contribution in [1.82, 2.24) is 14.9 Å². The number of nitrogens with zero attached hydrogens (tertiary/aromatic N) is 4. The molecule has 3 heterocycles. The molecule has 0 saturated carbocycles. The van der Waals surface area contributed by atoms with Gasteiger partial charge >= 0.3 is 5.69 Å². The fraction of sp³-hybridized carbons (Fsp3) is 0.692. The van der Waals surface area contributed by atoms with E-state index in [1.54, 1.807) is 7.05 Å². The number of piperidine rings is 1. The summed E-state index contributed by atoms with van der Waals surface area (Å²) in [6.07, 6.45) is 5.86. The zero-order valence-electron chi connectivity index (χ0n) is 12.1. The maximum absolute atomic E-state index is 11.3. The molecule has 1 aromatic rings. The smallest absolute Gasteiger partial charge is 0.353 e. The minimum atomic E-state index is -0.432. The molecule has 3 rings (SSSR count). The van der Waals surface area contributed by atoms with Gasteiger partial charge < -0.3 is 15.5 Å². The molecule has 2 N–H and O–H groups in total. The Kier molecular flexibility index (Phi) is 3.87. The van der Waals surface area contributed by atoms with E-state index in [9.17, 15) is 10.1 Å². The van der Waals surface area contributed by atoms with Crippen molar-refractivity contribution in [3.8, 4) is 0 Å². The molecule has 2 atom stereocenters. The van der Waals surface area contributed by atoms with Gasteiger partial charge in [0.15, 0.2) is 0 Å². The van der Waals surface area contributed by atoms with Crippen LogP contribution in [-0.2, 0) is 0 Å². The van der Waals surface area contributed by atoms with Crippen molar-refractivity contribution in [2.45, 2.75) is 37.8 Å². The molecule has 8 nitrogen and oxygen atoms in total. The molecular formula is C13H20N6O2. The van der Waals surface area contributed by atoms with Crippen LogP contribution in [0.4, 0.5) is 17.3 Å². The summed E-state index contributed by atoms with van der Waals surface area (Å²) in [4.78, 5) is 21.3. The zero-order valence-corrected chi connectivity index (χ0v) is 12.1. The molecule has 2 aliphatic heterocycles. The molecule has 8 heteroatoms. The number of nitrogens with one attached hydrogen (secondary N) is 2. The number of fused-ring (bicyclic) bond motifs is 1. The van der Waals surface area contributed by atoms with Gasteiger partial charge in [-0.2, -0.15) is 0 Å². The summed E-state index contributed by atoms with van der Waals surface area (Å²) in [6, 6.07) is 0.851. The Morgan fingerprint density at radius 1 is 1.33 bits per heavy atom. The molecule has 0 aromatic carbocycles. The third kappa shape index (κ3) is 2.76. The molecule has 2 aliphatic rings. The van der Waals surface area contributed by atoms with Gasteiger partial charge in [-0.15, -0.1) is 0 Å². The van der Waals surface area contributed by atoms with Crippen molar-refractivity contribution >= 4 is 17.3 Å². The van der Waals surface area contributed by atoms with Crippen LogP contribution in [0.25, 0.3) is 0 Å². The zero-order chi connectivity index (χ0) is 14.8. The maximum Gasteiger partial charge on any atom is 0.353 e. The summed E-state index contributed by atoms with van der Waals surface area (Å²) in [5, 5.41) is 17.3. The lowest BCUT2D eigenvalue weighted by atomic mass is 9.97. The predicted molar refractivity (Wildman–Crippen MR) is 79.5 cm³/mol. The lowest BCUT2D eigenvalue weighted by Crippen LogP contribution is -2.42. The largest absolute Gasteiger partial charge is 0.367 e. The Hall–Kier alpha value is -1.96. The Labute approximate surface area is 123 Å². The summed E-state index contributed by atoms with van der Waals surface area (Å²) < 4.78 is 0. The van der Waals surface area contributed by atoms with Gasteiger partial charge in [0.1, 0.15) is 6.33 Å². The minimum absolute atomic E-state index is 0.0751. The van der Waals surface area contributed by atoms with E-state index in [0.717, 1.165) is 19.4 Å². The Morgan fingerprint density at radius 3 is 2.90 bits per heavy atom. The number of hydrogen-bond donors (Lipinski definition) is 2. The van der Waals surface area contributed by atoms with Crippen LogP contribution in [0.5, 0.6) is 0 Å². The lowest BCUT2D eigenvalue weighted by molar-refractivity contribution is -0.383. The van der Waals surface area contributed by atoms with E-state index in [4.69, 9.17) is 0 Å². The van der Waals surface area contributed by atoms with Crippen LogP contribution >= 0.6 is 0 Å². The molecule has 0 radical (unpaired) electrons. The third-order valence-corrected chi connectivity index (χ3v) is 4.40. The van der Waals surface area contributed by atoms with Gasteiger partial charge in [-0.1, -0.05) is 0 Å². The lowest BCUT2D eigenvalue weighted by Gasteiger charge is -2.35. The second kappa shape index (κ2) is 5.80. The van der Waals surface area contributed by atoms with Gasteiger partial charge in [0, 0.05) is 25.7 Å². The number of rotatable bonds is 4. The summed E-state index contributed by atoms with van der Waals surface area (Å²) in [5.74, 6) is 0.562. The Bertz CT molecular complexity index is 537. The SMILES string of the molecule is CNc1ncnc(NC2CCN3CCCC3C2)c1[N+](=O)[O-]. The molecule has 2 saturated heterocycles. The second-order valence-electron chi connectivity index (χ2n) is 5.62. The standard InChI is InChI=1S/C13H20N6O2/c1-14-12-11(19(20)21)13(16-8-15-12)17-9-4-6-18-5-2-3-10(18)7-9/h8-10H,2-7H2,1H3,(H2,14,15,16,17). The summed E-state index contributed by atoms with van der Waals surface area (Å²) >= 11 is 0. The molecule has 0 amide bonds. The van der Waals surface area contributed by atoms with E-state index < -0.39 is 4.92 Å². The van der Waals surface area contributed by atoms with Crippen molar-refractivity contribution in [2.24, 2.45) is 0 Å². The first-order valence-corrected chi connectivity index (χ1v) is 7.36. The number of hydrogen-bond acceptors (Lipinski definition) is 7. The number of nitro groups is 1. The molecule has 2 fully saturated rings. The topological polar surface area (TPSA) is 96.2 Å². The average Bonchev–Trinajstić information content (AvgIpc) is 2.94. The quantitative estimate of drug-likeness (QED) is 0.640. The monoisotopic (exact) mass is 292 g/mol. The van der Waals surface area contributed by atoms with E-state index in [-0.39, 0.29) is 17.5 Å². The summed E-state index contributed by atoms with van der Waals surface area (Å²) in [7, 11) is 1.62. The highest BCUT2D eigenvalue weighted by atomic mass is 16.6. The van der Waals surface area contributed by atoms with Crippen LogP contribution in [0.2, 0.25) is 0 Å². The highest BCUT2D eigenvalue weighted by Gasteiger charge is 2.33. The Balaban J connectivity index is 1.77. The fourth-order valence-corrected chi connectivity index (χ4v) is 3.39. The minimum Gasteiger partial charge on any atom is -0.367 e. The van der Waals surface area contributed by atoms with Crippen LogP contribution < -0.4 is 10.6 Å². The van der Waals surface area contributed by atoms with Crippen LogP contribution in [0.3, 0.4) is 0 Å². The highest BCUT2D eigenvalue weighted by Crippen LogP contribution is 2.32. The summed E-state index contributed by atoms with van der Waals surface area (Å²) in [5.41, 5.74) is -0.0751. The molecule has 1 aromatic heterocycles.